The monoisotopic (exact) mass is 500 g/mol. The molecule has 1 aromatic heterocycles. The van der Waals surface area contributed by atoms with Gasteiger partial charge >= 0.3 is 0 Å². The van der Waals surface area contributed by atoms with E-state index in [-0.39, 0.29) is 73.1 Å². The zero-order valence-corrected chi connectivity index (χ0v) is 19.2. The second kappa shape index (κ2) is 7.47. The summed E-state index contributed by atoms with van der Waals surface area (Å²) >= 11 is 0. The fourth-order valence-corrected chi connectivity index (χ4v) is 5.11. The normalized spacial score (nSPS) is 13.7. The van der Waals surface area contributed by atoms with Gasteiger partial charge in [0.05, 0.1) is 4.92 Å². The van der Waals surface area contributed by atoms with E-state index in [9.17, 15) is 29.3 Å². The van der Waals surface area contributed by atoms with Crippen LogP contribution >= 0.6 is 0 Å². The van der Waals surface area contributed by atoms with Crippen molar-refractivity contribution in [2.45, 2.75) is 0 Å². The van der Waals surface area contributed by atoms with Crippen LogP contribution in [0, 0.1) is 10.1 Å². The van der Waals surface area contributed by atoms with Crippen LogP contribution in [-0.4, -0.2) is 33.0 Å². The summed E-state index contributed by atoms with van der Waals surface area (Å²) in [6.45, 7) is 0. The summed E-state index contributed by atoms with van der Waals surface area (Å²) in [6.07, 6.45) is 0. The van der Waals surface area contributed by atoms with Crippen LogP contribution in [0.3, 0.4) is 0 Å². The Labute approximate surface area is 212 Å². The highest BCUT2D eigenvalue weighted by atomic mass is 16.6. The van der Waals surface area contributed by atoms with Crippen molar-refractivity contribution < 1.29 is 28.5 Å². The largest absolute Gasteiger partial charge is 0.436 e. The van der Waals surface area contributed by atoms with Crippen molar-refractivity contribution in [3.05, 3.63) is 127 Å². The first-order valence-electron chi connectivity index (χ1n) is 11.5. The van der Waals surface area contributed by atoms with Gasteiger partial charge in [0.25, 0.3) is 5.69 Å². The van der Waals surface area contributed by atoms with E-state index in [1.165, 1.54) is 30.3 Å². The molecule has 0 saturated carbocycles. The lowest BCUT2D eigenvalue weighted by molar-refractivity contribution is -0.385. The third kappa shape index (κ3) is 2.83. The van der Waals surface area contributed by atoms with Crippen LogP contribution < -0.4 is 0 Å². The molecule has 0 unspecified atom stereocenters. The Kier molecular flexibility index (Phi) is 4.26. The molecule has 1 heterocycles. The number of aromatic nitrogens is 1. The van der Waals surface area contributed by atoms with Crippen molar-refractivity contribution in [1.29, 1.82) is 0 Å². The number of hydrogen-bond acceptors (Lipinski definition) is 8. The minimum Gasteiger partial charge on any atom is -0.436 e. The lowest BCUT2D eigenvalue weighted by Gasteiger charge is -2.17. The summed E-state index contributed by atoms with van der Waals surface area (Å²) < 4.78 is 5.86. The number of rotatable bonds is 2. The predicted molar refractivity (Wildman–Crippen MR) is 133 cm³/mol. The van der Waals surface area contributed by atoms with Gasteiger partial charge in [0, 0.05) is 50.6 Å². The Hall–Kier alpha value is -5.57. The summed E-state index contributed by atoms with van der Waals surface area (Å²) in [4.78, 5) is 68.1. The Morgan fingerprint density at radius 3 is 1.74 bits per heavy atom. The zero-order chi connectivity index (χ0) is 26.3. The maximum atomic E-state index is 13.2. The third-order valence-corrected chi connectivity index (χ3v) is 6.88. The van der Waals surface area contributed by atoms with Crippen LogP contribution in [0.2, 0.25) is 0 Å². The maximum absolute atomic E-state index is 13.2. The Bertz CT molecular complexity index is 1910. The van der Waals surface area contributed by atoms with Gasteiger partial charge in [0.15, 0.2) is 22.9 Å². The minimum absolute atomic E-state index is 0.0650. The van der Waals surface area contributed by atoms with Crippen LogP contribution in [0.1, 0.15) is 63.7 Å². The molecule has 7 rings (SSSR count). The molecule has 0 radical (unpaired) electrons. The van der Waals surface area contributed by atoms with E-state index in [1.807, 2.05) is 0 Å². The highest BCUT2D eigenvalue weighted by molar-refractivity contribution is 6.30. The van der Waals surface area contributed by atoms with Crippen molar-refractivity contribution >= 4 is 39.9 Å². The van der Waals surface area contributed by atoms with E-state index in [4.69, 9.17) is 4.42 Å². The number of carbonyl (C=O) groups is 4. The Morgan fingerprint density at radius 2 is 1.16 bits per heavy atom. The molecule has 38 heavy (non-hydrogen) atoms. The molecule has 2 aliphatic rings. The highest BCUT2D eigenvalue weighted by Crippen LogP contribution is 2.38. The second-order valence-corrected chi connectivity index (χ2v) is 8.97. The molecule has 0 spiro atoms. The van der Waals surface area contributed by atoms with Gasteiger partial charge in [0.1, 0.15) is 11.1 Å². The number of fused-ring (bicyclic) bond motifs is 5. The minimum atomic E-state index is -0.725. The molecular formula is C29H12N2O7. The molecule has 180 valence electrons. The molecule has 0 saturated heterocycles. The number of ketones is 4. The standard InChI is InChI=1S/C29H12N2O7/c32-25-14-5-1-2-6-15(14)26(33)19-12-23-21(11-18(19)25)30-29(38-23)13-9-20-24(22(10-13)31(36)37)28(35)17-8-4-3-7-16(17)27(20)34/h1-12H. The lowest BCUT2D eigenvalue weighted by atomic mass is 9.82. The van der Waals surface area contributed by atoms with Crippen molar-refractivity contribution in [1.82, 2.24) is 4.98 Å². The summed E-state index contributed by atoms with van der Waals surface area (Å²) in [5.74, 6) is -1.86. The van der Waals surface area contributed by atoms with Crippen LogP contribution in [0.15, 0.2) is 77.2 Å². The zero-order valence-electron chi connectivity index (χ0n) is 19.2. The molecule has 0 fully saturated rings. The molecule has 2 aliphatic carbocycles. The van der Waals surface area contributed by atoms with Gasteiger partial charge < -0.3 is 4.42 Å². The fraction of sp³-hybridized carbons (Fsp3) is 0. The lowest BCUT2D eigenvalue weighted by Crippen LogP contribution is -2.22. The summed E-state index contributed by atoms with van der Waals surface area (Å²) in [6, 6.07) is 18.0. The summed E-state index contributed by atoms with van der Waals surface area (Å²) in [5, 5.41) is 12.0. The summed E-state index contributed by atoms with van der Waals surface area (Å²) in [7, 11) is 0. The van der Waals surface area contributed by atoms with E-state index >= 15 is 0 Å². The van der Waals surface area contributed by atoms with Crippen LogP contribution in [0.4, 0.5) is 5.69 Å². The topological polar surface area (TPSA) is 137 Å². The van der Waals surface area contributed by atoms with Crippen LogP contribution in [0.25, 0.3) is 22.6 Å². The van der Waals surface area contributed by atoms with Gasteiger partial charge in [-0.05, 0) is 18.2 Å². The van der Waals surface area contributed by atoms with Gasteiger partial charge in [-0.25, -0.2) is 4.98 Å². The van der Waals surface area contributed by atoms with Gasteiger partial charge in [-0.3, -0.25) is 29.3 Å². The van der Waals surface area contributed by atoms with Crippen molar-refractivity contribution in [3.8, 4) is 11.5 Å². The molecule has 9 heteroatoms. The molecular weight excluding hydrogens is 488 g/mol. The average molecular weight is 500 g/mol. The van der Waals surface area contributed by atoms with Crippen molar-refractivity contribution in [2.24, 2.45) is 0 Å². The number of nitrogens with zero attached hydrogens (tertiary/aromatic N) is 2. The van der Waals surface area contributed by atoms with E-state index in [0.29, 0.717) is 5.56 Å². The molecule has 0 atom stereocenters. The number of hydrogen-bond donors (Lipinski definition) is 0. The predicted octanol–water partition coefficient (Wildman–Crippen LogP) is 4.95. The molecule has 0 bridgehead atoms. The Morgan fingerprint density at radius 1 is 0.632 bits per heavy atom. The average Bonchev–Trinajstić information content (AvgIpc) is 3.36. The quantitative estimate of drug-likeness (QED) is 0.240. The molecule has 0 N–H and O–H groups in total. The first-order chi connectivity index (χ1) is 18.3. The van der Waals surface area contributed by atoms with Gasteiger partial charge in [-0.2, -0.15) is 0 Å². The smallest absolute Gasteiger partial charge is 0.282 e. The summed E-state index contributed by atoms with van der Waals surface area (Å²) in [5.41, 5.74) is 0.760. The van der Waals surface area contributed by atoms with Crippen LogP contribution in [0.5, 0.6) is 0 Å². The van der Waals surface area contributed by atoms with Gasteiger partial charge in [-0.1, -0.05) is 48.5 Å². The van der Waals surface area contributed by atoms with E-state index in [1.54, 1.807) is 36.4 Å². The molecule has 4 aromatic carbocycles. The number of nitro benzene ring substituents is 1. The van der Waals surface area contributed by atoms with Gasteiger partial charge in [-0.15, -0.1) is 0 Å². The molecule has 0 aliphatic heterocycles. The van der Waals surface area contributed by atoms with Crippen molar-refractivity contribution in [3.63, 3.8) is 0 Å². The molecule has 5 aromatic rings. The van der Waals surface area contributed by atoms with Gasteiger partial charge in [0.2, 0.25) is 11.7 Å². The number of nitro groups is 1. The number of carbonyl (C=O) groups excluding carboxylic acids is 4. The second-order valence-electron chi connectivity index (χ2n) is 8.97. The SMILES string of the molecule is O=C1c2ccccc2C(=O)c2cc3oc(-c4cc5c(c([N+](=O)[O-])c4)C(=O)c4ccccc4C5=O)nc3cc21. The van der Waals surface area contributed by atoms with E-state index in [0.717, 1.165) is 6.07 Å². The van der Waals surface area contributed by atoms with E-state index < -0.39 is 22.2 Å². The molecule has 9 nitrogen and oxygen atoms in total. The Balaban J connectivity index is 1.41. The highest BCUT2D eigenvalue weighted by Gasteiger charge is 2.37. The van der Waals surface area contributed by atoms with Crippen LogP contribution in [-0.2, 0) is 0 Å². The van der Waals surface area contributed by atoms with Crippen molar-refractivity contribution in [2.75, 3.05) is 0 Å². The number of oxazole rings is 1. The first kappa shape index (κ1) is 21.7. The number of benzene rings is 4. The molecule has 0 amide bonds. The third-order valence-electron chi connectivity index (χ3n) is 6.88. The maximum Gasteiger partial charge on any atom is 0.282 e. The fourth-order valence-electron chi connectivity index (χ4n) is 5.11. The first-order valence-corrected chi connectivity index (χ1v) is 11.5. The van der Waals surface area contributed by atoms with E-state index in [2.05, 4.69) is 4.98 Å².